The van der Waals surface area contributed by atoms with Gasteiger partial charge in [-0.05, 0) is 32.5 Å². The molecule has 0 spiro atoms. The summed E-state index contributed by atoms with van der Waals surface area (Å²) < 4.78 is 4.79. The summed E-state index contributed by atoms with van der Waals surface area (Å²) in [5.41, 5.74) is 0. The van der Waals surface area contributed by atoms with E-state index in [-0.39, 0.29) is 12.0 Å². The molecule has 1 N–H and O–H groups in total. The van der Waals surface area contributed by atoms with Crippen LogP contribution in [-0.2, 0) is 9.53 Å². The highest BCUT2D eigenvalue weighted by Crippen LogP contribution is 2.01. The van der Waals surface area contributed by atoms with Crippen molar-refractivity contribution in [3.63, 3.8) is 0 Å². The minimum Gasteiger partial charge on any atom is -0.468 e. The van der Waals surface area contributed by atoms with Crippen LogP contribution >= 0.6 is 0 Å². The lowest BCUT2D eigenvalue weighted by Crippen LogP contribution is -2.40. The fourth-order valence-corrected chi connectivity index (χ4v) is 1.81. The topological polar surface area (TPSA) is 41.6 Å². The summed E-state index contributed by atoms with van der Waals surface area (Å²) in [4.78, 5) is 13.9. The van der Waals surface area contributed by atoms with Gasteiger partial charge in [0.15, 0.2) is 0 Å². The van der Waals surface area contributed by atoms with E-state index in [1.54, 1.807) is 0 Å². The van der Waals surface area contributed by atoms with Gasteiger partial charge in [0, 0.05) is 6.54 Å². The van der Waals surface area contributed by atoms with Crippen LogP contribution < -0.4 is 5.32 Å². The quantitative estimate of drug-likeness (QED) is 0.593. The van der Waals surface area contributed by atoms with Crippen molar-refractivity contribution < 1.29 is 9.53 Å². The first-order valence-electron chi connectivity index (χ1n) is 6.73. The highest BCUT2D eigenvalue weighted by atomic mass is 16.5. The first kappa shape index (κ1) is 16.4. The molecule has 17 heavy (non-hydrogen) atoms. The van der Waals surface area contributed by atoms with Gasteiger partial charge in [-0.25, -0.2) is 0 Å². The van der Waals surface area contributed by atoms with Crippen LogP contribution in [0.3, 0.4) is 0 Å². The molecule has 0 bridgehead atoms. The van der Waals surface area contributed by atoms with Gasteiger partial charge in [-0.15, -0.1) is 0 Å². The number of hydrogen-bond acceptors (Lipinski definition) is 4. The summed E-state index contributed by atoms with van der Waals surface area (Å²) in [5, 5.41) is 3.17. The van der Waals surface area contributed by atoms with E-state index < -0.39 is 0 Å². The molecule has 4 nitrogen and oxygen atoms in total. The molecule has 0 fully saturated rings. The van der Waals surface area contributed by atoms with Crippen LogP contribution in [0.2, 0.25) is 0 Å². The Hall–Kier alpha value is -0.610. The number of rotatable bonds is 10. The van der Waals surface area contributed by atoms with E-state index in [0.717, 1.165) is 32.6 Å². The summed E-state index contributed by atoms with van der Waals surface area (Å²) in [6.45, 7) is 10.3. The fourth-order valence-electron chi connectivity index (χ4n) is 1.81. The first-order chi connectivity index (χ1) is 8.19. The van der Waals surface area contributed by atoms with Crippen molar-refractivity contribution in [2.45, 2.75) is 46.1 Å². The van der Waals surface area contributed by atoms with E-state index >= 15 is 0 Å². The third kappa shape index (κ3) is 7.34. The lowest BCUT2D eigenvalue weighted by Gasteiger charge is -2.23. The summed E-state index contributed by atoms with van der Waals surface area (Å²) in [5.74, 6) is -0.154. The predicted octanol–water partition coefficient (Wildman–Crippen LogP) is 1.65. The van der Waals surface area contributed by atoms with Crippen molar-refractivity contribution in [2.24, 2.45) is 0 Å². The molecular formula is C13H28N2O2. The van der Waals surface area contributed by atoms with Gasteiger partial charge in [0.25, 0.3) is 0 Å². The Labute approximate surface area is 106 Å². The molecule has 0 aliphatic heterocycles. The van der Waals surface area contributed by atoms with E-state index in [1.165, 1.54) is 20.0 Å². The molecule has 0 aliphatic carbocycles. The molecule has 0 aliphatic rings. The van der Waals surface area contributed by atoms with Crippen LogP contribution in [-0.4, -0.2) is 50.2 Å². The SMILES string of the molecule is CCCCN(CC)CCC(NCC)C(=O)OC. The second kappa shape index (κ2) is 10.5. The highest BCUT2D eigenvalue weighted by molar-refractivity contribution is 5.75. The second-order valence-corrected chi connectivity index (χ2v) is 4.21. The van der Waals surface area contributed by atoms with Crippen LogP contribution in [0, 0.1) is 0 Å². The van der Waals surface area contributed by atoms with Gasteiger partial charge in [-0.1, -0.05) is 27.2 Å². The van der Waals surface area contributed by atoms with Crippen molar-refractivity contribution in [3.8, 4) is 0 Å². The summed E-state index contributed by atoms with van der Waals surface area (Å²) >= 11 is 0. The molecule has 0 radical (unpaired) electrons. The Bertz CT molecular complexity index is 198. The third-order valence-electron chi connectivity index (χ3n) is 2.95. The molecule has 1 atom stereocenters. The van der Waals surface area contributed by atoms with E-state index in [0.29, 0.717) is 0 Å². The van der Waals surface area contributed by atoms with Crippen molar-refractivity contribution in [1.29, 1.82) is 0 Å². The average molecular weight is 244 g/mol. The average Bonchev–Trinajstić information content (AvgIpc) is 2.36. The van der Waals surface area contributed by atoms with Crippen LogP contribution in [0.1, 0.15) is 40.0 Å². The maximum atomic E-state index is 11.5. The van der Waals surface area contributed by atoms with Crippen molar-refractivity contribution in [1.82, 2.24) is 10.2 Å². The highest BCUT2D eigenvalue weighted by Gasteiger charge is 2.18. The zero-order chi connectivity index (χ0) is 13.1. The molecule has 1 unspecified atom stereocenters. The van der Waals surface area contributed by atoms with Crippen molar-refractivity contribution in [2.75, 3.05) is 33.3 Å². The molecule has 0 aromatic carbocycles. The molecule has 0 saturated carbocycles. The van der Waals surface area contributed by atoms with E-state index in [1.807, 2.05) is 6.92 Å². The Balaban J connectivity index is 4.03. The number of hydrogen-bond donors (Lipinski definition) is 1. The number of methoxy groups -OCH3 is 1. The number of unbranched alkanes of at least 4 members (excludes halogenated alkanes) is 1. The standard InChI is InChI=1S/C13H28N2O2/c1-5-8-10-15(7-3)11-9-12(14-6-2)13(16)17-4/h12,14H,5-11H2,1-4H3. The Kier molecular flexibility index (Phi) is 10.2. The van der Waals surface area contributed by atoms with Crippen LogP contribution in [0.5, 0.6) is 0 Å². The molecule has 0 saturated heterocycles. The molecule has 4 heteroatoms. The maximum Gasteiger partial charge on any atom is 0.322 e. The number of nitrogens with one attached hydrogen (secondary N) is 1. The number of ether oxygens (including phenoxy) is 1. The van der Waals surface area contributed by atoms with Gasteiger partial charge in [0.2, 0.25) is 0 Å². The molecule has 0 aromatic rings. The van der Waals surface area contributed by atoms with Crippen molar-refractivity contribution >= 4 is 5.97 Å². The largest absolute Gasteiger partial charge is 0.468 e. The molecule has 0 rings (SSSR count). The second-order valence-electron chi connectivity index (χ2n) is 4.21. The van der Waals surface area contributed by atoms with Crippen LogP contribution in [0.4, 0.5) is 0 Å². The zero-order valence-electron chi connectivity index (χ0n) is 11.8. The minimum atomic E-state index is -0.166. The molecular weight excluding hydrogens is 216 g/mol. The molecule has 0 aromatic heterocycles. The summed E-state index contributed by atoms with van der Waals surface area (Å²) in [6, 6.07) is -0.166. The molecule has 0 amide bonds. The van der Waals surface area contributed by atoms with Gasteiger partial charge in [-0.2, -0.15) is 0 Å². The van der Waals surface area contributed by atoms with Gasteiger partial charge in [0.05, 0.1) is 7.11 Å². The monoisotopic (exact) mass is 244 g/mol. The van der Waals surface area contributed by atoms with Gasteiger partial charge in [0.1, 0.15) is 6.04 Å². The first-order valence-corrected chi connectivity index (χ1v) is 6.73. The Morgan fingerprint density at radius 2 is 2.00 bits per heavy atom. The summed E-state index contributed by atoms with van der Waals surface area (Å²) in [6.07, 6.45) is 3.25. The van der Waals surface area contributed by atoms with Crippen LogP contribution in [0.25, 0.3) is 0 Å². The maximum absolute atomic E-state index is 11.5. The Morgan fingerprint density at radius 3 is 2.47 bits per heavy atom. The predicted molar refractivity (Wildman–Crippen MR) is 71.1 cm³/mol. The summed E-state index contributed by atoms with van der Waals surface area (Å²) in [7, 11) is 1.45. The lowest BCUT2D eigenvalue weighted by molar-refractivity contribution is -0.143. The van der Waals surface area contributed by atoms with E-state index in [9.17, 15) is 4.79 Å². The number of carbonyl (C=O) groups is 1. The minimum absolute atomic E-state index is 0.154. The number of carbonyl (C=O) groups excluding carboxylic acids is 1. The third-order valence-corrected chi connectivity index (χ3v) is 2.95. The van der Waals surface area contributed by atoms with Crippen LogP contribution in [0.15, 0.2) is 0 Å². The number of esters is 1. The number of nitrogens with zero attached hydrogens (tertiary/aromatic N) is 1. The molecule has 0 heterocycles. The van der Waals surface area contributed by atoms with Gasteiger partial charge >= 0.3 is 5.97 Å². The van der Waals surface area contributed by atoms with Gasteiger partial charge in [-0.3, -0.25) is 4.79 Å². The van der Waals surface area contributed by atoms with E-state index in [2.05, 4.69) is 24.1 Å². The smallest absolute Gasteiger partial charge is 0.322 e. The fraction of sp³-hybridized carbons (Fsp3) is 0.923. The lowest BCUT2D eigenvalue weighted by atomic mass is 10.2. The van der Waals surface area contributed by atoms with Gasteiger partial charge < -0.3 is 15.0 Å². The Morgan fingerprint density at radius 1 is 1.29 bits per heavy atom. The van der Waals surface area contributed by atoms with E-state index in [4.69, 9.17) is 4.74 Å². The molecule has 102 valence electrons. The number of likely N-dealkylation sites (N-methyl/N-ethyl adjacent to an activating group) is 1. The zero-order valence-corrected chi connectivity index (χ0v) is 11.8. The normalized spacial score (nSPS) is 12.8. The van der Waals surface area contributed by atoms with Crippen molar-refractivity contribution in [3.05, 3.63) is 0 Å².